The molecule has 0 unspecified atom stereocenters. The van der Waals surface area contributed by atoms with Crippen LogP contribution in [-0.4, -0.2) is 46.9 Å². The average Bonchev–Trinajstić information content (AvgIpc) is 3.88. The van der Waals surface area contributed by atoms with Gasteiger partial charge in [0.15, 0.2) is 11.8 Å². The van der Waals surface area contributed by atoms with Gasteiger partial charge in [-0.25, -0.2) is 24.7 Å². The molecule has 8 N–H and O–H groups in total. The van der Waals surface area contributed by atoms with E-state index in [0.29, 0.717) is 59.4 Å². The maximum Gasteiger partial charge on any atom is 0.373 e. The number of nitrogens with two attached hydrogens (primary N) is 3. The van der Waals surface area contributed by atoms with E-state index in [2.05, 4.69) is 35.2 Å². The van der Waals surface area contributed by atoms with Gasteiger partial charge in [0.1, 0.15) is 11.6 Å². The number of nitrogen functional groups attached to an aromatic ring is 2. The number of rotatable bonds is 9. The van der Waals surface area contributed by atoms with Crippen molar-refractivity contribution < 1.29 is 23.5 Å². The number of halogens is 3. The Hall–Kier alpha value is -6.65. The fourth-order valence-electron chi connectivity index (χ4n) is 6.47. The molecule has 6 heterocycles. The smallest absolute Gasteiger partial charge is 0.373 e. The van der Waals surface area contributed by atoms with E-state index in [-0.39, 0.29) is 29.8 Å². The lowest BCUT2D eigenvalue weighted by Crippen LogP contribution is -2.23. The molecule has 2 aromatic carbocycles. The van der Waals surface area contributed by atoms with Crippen molar-refractivity contribution in [1.29, 1.82) is 0 Å². The number of benzene rings is 2. The maximum atomic E-state index is 12.5. The summed E-state index contributed by atoms with van der Waals surface area (Å²) in [5.41, 5.74) is 26.3. The van der Waals surface area contributed by atoms with Gasteiger partial charge in [-0.1, -0.05) is 35.3 Å². The summed E-state index contributed by atoms with van der Waals surface area (Å²) in [6, 6.07) is 18.9. The summed E-state index contributed by atoms with van der Waals surface area (Å²) in [4.78, 5) is 48.2. The molecule has 18 heteroatoms. The summed E-state index contributed by atoms with van der Waals surface area (Å²) in [6.45, 7) is 8.58. The third-order valence-corrected chi connectivity index (χ3v) is 9.87. The molecule has 1 amide bonds. The topological polar surface area (TPSA) is 248 Å². The van der Waals surface area contributed by atoms with E-state index in [0.717, 1.165) is 66.6 Å². The zero-order chi connectivity index (χ0) is 43.8. The lowest BCUT2D eigenvalue weighted by atomic mass is 10.1. The van der Waals surface area contributed by atoms with Crippen molar-refractivity contribution >= 4 is 80.9 Å². The predicted octanol–water partition coefficient (Wildman–Crippen LogP) is 8.32. The summed E-state index contributed by atoms with van der Waals surface area (Å²) in [5.74, 6) is 0.383. The number of carbonyl (C=O) groups excluding carboxylic acids is 1. The van der Waals surface area contributed by atoms with Gasteiger partial charge >= 0.3 is 5.97 Å². The minimum atomic E-state index is -1.13. The van der Waals surface area contributed by atoms with E-state index >= 15 is 0 Å². The third kappa shape index (κ3) is 12.0. The highest BCUT2D eigenvalue weighted by Crippen LogP contribution is 2.22. The number of aromatic nitrogens is 6. The maximum absolute atomic E-state index is 12.5. The summed E-state index contributed by atoms with van der Waals surface area (Å²) in [5, 5.41) is 14.6. The first-order valence-corrected chi connectivity index (χ1v) is 19.6. The molecule has 0 aliphatic carbocycles. The predicted molar refractivity (Wildman–Crippen MR) is 242 cm³/mol. The molecule has 15 nitrogen and oxygen atoms in total. The lowest BCUT2D eigenvalue weighted by molar-refractivity contribution is 0.0660. The minimum Gasteiger partial charge on any atom is -0.475 e. The van der Waals surface area contributed by atoms with Crippen LogP contribution in [0.2, 0.25) is 10.0 Å². The zero-order valence-electron chi connectivity index (χ0n) is 34.1. The van der Waals surface area contributed by atoms with E-state index in [1.54, 1.807) is 18.5 Å². The van der Waals surface area contributed by atoms with Crippen LogP contribution in [0, 0.1) is 27.7 Å². The van der Waals surface area contributed by atoms with Gasteiger partial charge in [0.2, 0.25) is 11.5 Å². The van der Waals surface area contributed by atoms with Crippen LogP contribution in [0.15, 0.2) is 94.3 Å². The number of nitrogens with one attached hydrogen (secondary N) is 1. The molecule has 0 spiro atoms. The molecular formula is C44H43Cl3N10O5. The fraction of sp³-hybridized carbons (Fsp3) is 0.182. The number of oxazole rings is 2. The summed E-state index contributed by atoms with van der Waals surface area (Å²) in [7, 11) is 0. The Labute approximate surface area is 372 Å². The summed E-state index contributed by atoms with van der Waals surface area (Å²) in [6.07, 6.45) is 6.72. The van der Waals surface area contributed by atoms with Crippen LogP contribution in [0.3, 0.4) is 0 Å². The highest BCUT2D eigenvalue weighted by atomic mass is 35.5. The van der Waals surface area contributed by atoms with E-state index in [1.165, 1.54) is 12.4 Å². The van der Waals surface area contributed by atoms with Crippen molar-refractivity contribution in [2.24, 2.45) is 5.73 Å². The van der Waals surface area contributed by atoms with Gasteiger partial charge in [-0.05, 0) is 110 Å². The van der Waals surface area contributed by atoms with Gasteiger partial charge < -0.3 is 36.5 Å². The largest absolute Gasteiger partial charge is 0.475 e. The van der Waals surface area contributed by atoms with Crippen LogP contribution in [0.25, 0.3) is 21.8 Å². The molecule has 0 bridgehead atoms. The summed E-state index contributed by atoms with van der Waals surface area (Å²) < 4.78 is 10.8. The van der Waals surface area contributed by atoms with Crippen molar-refractivity contribution in [3.63, 3.8) is 0 Å². The minimum absolute atomic E-state index is 0. The number of aryl methyl sites for hydroxylation is 4. The van der Waals surface area contributed by atoms with Gasteiger partial charge in [-0.2, -0.15) is 0 Å². The Morgan fingerprint density at radius 3 is 1.58 bits per heavy atom. The monoisotopic (exact) mass is 896 g/mol. The molecule has 62 heavy (non-hydrogen) atoms. The quantitative estimate of drug-likeness (QED) is 0.0914. The number of hydrogen-bond donors (Lipinski definition) is 5. The van der Waals surface area contributed by atoms with E-state index in [9.17, 15) is 9.59 Å². The Kier molecular flexibility index (Phi) is 15.5. The molecule has 8 aromatic rings. The number of aromatic carboxylic acids is 1. The van der Waals surface area contributed by atoms with Crippen molar-refractivity contribution in [3.05, 3.63) is 164 Å². The number of carboxylic acid groups (broad SMARTS) is 1. The van der Waals surface area contributed by atoms with E-state index < -0.39 is 5.97 Å². The third-order valence-electron chi connectivity index (χ3n) is 9.45. The lowest BCUT2D eigenvalue weighted by Gasteiger charge is -2.10. The number of nitrogens with zero attached hydrogens (tertiary/aromatic N) is 6. The molecule has 0 aliphatic rings. The van der Waals surface area contributed by atoms with Crippen LogP contribution in [0.1, 0.15) is 77.7 Å². The second-order valence-corrected chi connectivity index (χ2v) is 14.9. The van der Waals surface area contributed by atoms with Gasteiger partial charge in [0.05, 0.1) is 33.5 Å². The molecule has 0 radical (unpaired) electrons. The van der Waals surface area contributed by atoms with Crippen LogP contribution < -0.4 is 22.5 Å². The van der Waals surface area contributed by atoms with Crippen molar-refractivity contribution in [2.75, 3.05) is 11.5 Å². The number of amides is 1. The Bertz CT molecular complexity index is 2840. The van der Waals surface area contributed by atoms with Crippen LogP contribution in [-0.2, 0) is 25.9 Å². The number of carboxylic acids is 1. The van der Waals surface area contributed by atoms with Crippen molar-refractivity contribution in [2.45, 2.75) is 53.6 Å². The Morgan fingerprint density at radius 2 is 1.13 bits per heavy atom. The fourth-order valence-corrected chi connectivity index (χ4v) is 6.81. The van der Waals surface area contributed by atoms with Crippen LogP contribution in [0.4, 0.5) is 11.6 Å². The molecule has 8 rings (SSSR count). The second kappa shape index (κ2) is 20.7. The highest BCUT2D eigenvalue weighted by molar-refractivity contribution is 6.31. The number of hydrogen-bond acceptors (Lipinski definition) is 13. The first kappa shape index (κ1) is 46.4. The van der Waals surface area contributed by atoms with Gasteiger partial charge in [-0.3, -0.25) is 14.8 Å². The first-order chi connectivity index (χ1) is 29.1. The van der Waals surface area contributed by atoms with Crippen molar-refractivity contribution in [3.8, 4) is 0 Å². The van der Waals surface area contributed by atoms with Crippen molar-refractivity contribution in [1.82, 2.24) is 35.2 Å². The Balaban J connectivity index is 0.000000195. The number of fused-ring (bicyclic) bond motifs is 2. The zero-order valence-corrected chi connectivity index (χ0v) is 36.4. The summed E-state index contributed by atoms with van der Waals surface area (Å²) >= 11 is 11.9. The number of anilines is 2. The molecule has 0 saturated heterocycles. The number of carbonyl (C=O) groups is 2. The molecule has 0 saturated carbocycles. The van der Waals surface area contributed by atoms with Gasteiger partial charge in [-0.15, -0.1) is 12.4 Å². The molecule has 0 fully saturated rings. The molecule has 0 aliphatic heterocycles. The molecule has 6 aromatic heterocycles. The van der Waals surface area contributed by atoms with Crippen LogP contribution in [0.5, 0.6) is 0 Å². The van der Waals surface area contributed by atoms with Gasteiger partial charge in [0, 0.05) is 60.5 Å². The molecule has 320 valence electrons. The average molecular weight is 898 g/mol. The number of pyridine rings is 4. The standard InChI is InChI=1S/C22H20ClN5O2.C14H9ClN2O3.C8H13N3.ClH/c1-12-5-20(24)28-13(2)17(12)10-27-22(29)19-11-26-21(30-19)7-14-3-4-18-15(6-14)8-16(23)9-25-18;15-10-5-9-3-8(1-2-11(9)16-6-10)4-13-17-7-12(20-13)14(18)19;1-5-3-8(10)11-6(2)7(5)4-9;/h3-6,8-9,11H,7,10H2,1-2H3,(H2,24,28)(H,27,29);1-3,5-7H,4H2,(H,18,19);3H,4,9H2,1-2H3,(H2,10,11);1H. The second-order valence-electron chi connectivity index (χ2n) is 14.0. The highest BCUT2D eigenvalue weighted by Gasteiger charge is 2.15. The normalized spacial score (nSPS) is 10.6. The van der Waals surface area contributed by atoms with Crippen LogP contribution >= 0.6 is 35.6 Å². The molecule has 0 atom stereocenters. The molecular weight excluding hydrogens is 855 g/mol. The first-order valence-electron chi connectivity index (χ1n) is 18.8. The van der Waals surface area contributed by atoms with E-state index in [4.69, 9.17) is 54.3 Å². The Morgan fingerprint density at radius 1 is 0.661 bits per heavy atom. The van der Waals surface area contributed by atoms with E-state index in [1.807, 2.05) is 82.3 Å². The van der Waals surface area contributed by atoms with Gasteiger partial charge in [0.25, 0.3) is 5.91 Å². The SMILES string of the molecule is Cc1cc(N)nc(C)c1CN.Cc1cc(N)nc(C)c1CNC(=O)c1cnc(Cc2ccc3ncc(Cl)cc3c2)o1.Cl.O=C(O)c1cnc(Cc2ccc3ncc(Cl)cc3c2)o1.